The highest BCUT2D eigenvalue weighted by molar-refractivity contribution is 5.81. The molecule has 1 atom stereocenters. The minimum atomic E-state index is -0.0417. The van der Waals surface area contributed by atoms with E-state index in [1.807, 2.05) is 6.92 Å². The van der Waals surface area contributed by atoms with Crippen molar-refractivity contribution in [1.29, 1.82) is 0 Å². The smallest absolute Gasteiger partial charge is 0.236 e. The predicted molar refractivity (Wildman–Crippen MR) is 67.4 cm³/mol. The minimum Gasteiger partial charge on any atom is -0.355 e. The summed E-state index contributed by atoms with van der Waals surface area (Å²) in [6.45, 7) is 4.91. The van der Waals surface area contributed by atoms with Gasteiger partial charge in [0.1, 0.15) is 0 Å². The topological polar surface area (TPSA) is 41.1 Å². The molecule has 1 fully saturated rings. The number of amides is 1. The zero-order chi connectivity index (χ0) is 11.8. The lowest BCUT2D eigenvalue weighted by Crippen LogP contribution is -2.47. The average Bonchev–Trinajstić information content (AvgIpc) is 2.30. The number of carbonyl (C=O) groups excluding carboxylic acids is 1. The van der Waals surface area contributed by atoms with E-state index >= 15 is 0 Å². The highest BCUT2D eigenvalue weighted by Crippen LogP contribution is 2.17. The van der Waals surface area contributed by atoms with Gasteiger partial charge in [0, 0.05) is 12.6 Å². The average molecular weight is 226 g/mol. The molecule has 1 aliphatic carbocycles. The van der Waals surface area contributed by atoms with E-state index in [1.165, 1.54) is 32.1 Å². The second kappa shape index (κ2) is 7.66. The van der Waals surface area contributed by atoms with Gasteiger partial charge in [0.05, 0.1) is 6.04 Å². The lowest BCUT2D eigenvalue weighted by Gasteiger charge is -2.26. The molecule has 2 N–H and O–H groups in total. The van der Waals surface area contributed by atoms with E-state index in [0.717, 1.165) is 19.4 Å². The van der Waals surface area contributed by atoms with Crippen LogP contribution in [0.3, 0.4) is 0 Å². The van der Waals surface area contributed by atoms with Crippen molar-refractivity contribution in [2.45, 2.75) is 70.9 Å². The molecule has 1 amide bonds. The fourth-order valence-corrected chi connectivity index (χ4v) is 2.24. The Kier molecular flexibility index (Phi) is 6.46. The molecule has 16 heavy (non-hydrogen) atoms. The van der Waals surface area contributed by atoms with Crippen molar-refractivity contribution in [3.05, 3.63) is 0 Å². The molecule has 1 unspecified atom stereocenters. The van der Waals surface area contributed by atoms with Crippen LogP contribution in [0.2, 0.25) is 0 Å². The van der Waals surface area contributed by atoms with Gasteiger partial charge in [0.25, 0.3) is 0 Å². The first-order valence-electron chi connectivity index (χ1n) is 6.77. The molecule has 0 radical (unpaired) electrons. The zero-order valence-electron chi connectivity index (χ0n) is 10.7. The van der Waals surface area contributed by atoms with E-state index in [-0.39, 0.29) is 11.9 Å². The van der Waals surface area contributed by atoms with E-state index in [0.29, 0.717) is 6.04 Å². The normalized spacial score (nSPS) is 19.4. The van der Waals surface area contributed by atoms with Crippen molar-refractivity contribution >= 4 is 5.91 Å². The van der Waals surface area contributed by atoms with Crippen LogP contribution < -0.4 is 10.6 Å². The van der Waals surface area contributed by atoms with Crippen LogP contribution in [0.5, 0.6) is 0 Å². The van der Waals surface area contributed by atoms with Gasteiger partial charge < -0.3 is 10.6 Å². The Labute approximate surface area is 99.4 Å². The number of hydrogen-bond acceptors (Lipinski definition) is 2. The van der Waals surface area contributed by atoms with Crippen LogP contribution >= 0.6 is 0 Å². The second-order valence-corrected chi connectivity index (χ2v) is 4.87. The van der Waals surface area contributed by atoms with Gasteiger partial charge in [0.2, 0.25) is 5.91 Å². The summed E-state index contributed by atoms with van der Waals surface area (Å²) in [5.41, 5.74) is 0. The van der Waals surface area contributed by atoms with E-state index in [2.05, 4.69) is 17.6 Å². The summed E-state index contributed by atoms with van der Waals surface area (Å²) >= 11 is 0. The van der Waals surface area contributed by atoms with Crippen LogP contribution in [0.15, 0.2) is 0 Å². The van der Waals surface area contributed by atoms with Gasteiger partial charge in [-0.2, -0.15) is 0 Å². The number of rotatable bonds is 6. The van der Waals surface area contributed by atoms with Gasteiger partial charge in [-0.25, -0.2) is 0 Å². The molecule has 3 heteroatoms. The summed E-state index contributed by atoms with van der Waals surface area (Å²) in [6.07, 6.45) is 8.63. The molecule has 3 nitrogen and oxygen atoms in total. The summed E-state index contributed by atoms with van der Waals surface area (Å²) in [5.74, 6) is 0.152. The molecular formula is C13H26N2O. The molecule has 94 valence electrons. The van der Waals surface area contributed by atoms with Crippen LogP contribution in [-0.4, -0.2) is 24.5 Å². The van der Waals surface area contributed by atoms with Gasteiger partial charge in [-0.05, 0) is 26.2 Å². The molecule has 0 bridgehead atoms. The predicted octanol–water partition coefficient (Wildman–Crippen LogP) is 2.21. The quantitative estimate of drug-likeness (QED) is 0.682. The molecule has 0 aromatic heterocycles. The summed E-state index contributed by atoms with van der Waals surface area (Å²) in [7, 11) is 0. The minimum absolute atomic E-state index is 0.0417. The van der Waals surface area contributed by atoms with Crippen molar-refractivity contribution in [2.24, 2.45) is 0 Å². The van der Waals surface area contributed by atoms with Gasteiger partial charge in [-0.3, -0.25) is 4.79 Å². The molecule has 1 saturated carbocycles. The highest BCUT2D eigenvalue weighted by atomic mass is 16.2. The zero-order valence-corrected chi connectivity index (χ0v) is 10.7. The van der Waals surface area contributed by atoms with E-state index in [1.54, 1.807) is 0 Å². The molecule has 0 aromatic rings. The van der Waals surface area contributed by atoms with Crippen molar-refractivity contribution in [2.75, 3.05) is 6.54 Å². The first-order chi connectivity index (χ1) is 7.74. The van der Waals surface area contributed by atoms with Crippen LogP contribution in [0, 0.1) is 0 Å². The van der Waals surface area contributed by atoms with Gasteiger partial charge in [-0.15, -0.1) is 0 Å². The Bertz CT molecular complexity index is 200. The molecule has 1 aliphatic rings. The Morgan fingerprint density at radius 3 is 2.62 bits per heavy atom. The summed E-state index contributed by atoms with van der Waals surface area (Å²) in [5, 5.41) is 6.40. The van der Waals surface area contributed by atoms with Crippen molar-refractivity contribution in [1.82, 2.24) is 10.6 Å². The molecule has 0 heterocycles. The molecule has 0 saturated heterocycles. The standard InChI is InChI=1S/C13H26N2O/c1-3-4-10-14-13(16)11(2)15-12-8-6-5-7-9-12/h11-12,15H,3-10H2,1-2H3,(H,14,16). The van der Waals surface area contributed by atoms with Crippen molar-refractivity contribution < 1.29 is 4.79 Å². The largest absolute Gasteiger partial charge is 0.355 e. The Morgan fingerprint density at radius 1 is 1.31 bits per heavy atom. The molecule has 0 aromatic carbocycles. The van der Waals surface area contributed by atoms with Gasteiger partial charge >= 0.3 is 0 Å². The lowest BCUT2D eigenvalue weighted by molar-refractivity contribution is -0.123. The van der Waals surface area contributed by atoms with Crippen molar-refractivity contribution in [3.8, 4) is 0 Å². The SMILES string of the molecule is CCCCNC(=O)C(C)NC1CCCCC1. The molecular weight excluding hydrogens is 200 g/mol. The van der Waals surface area contributed by atoms with Crippen LogP contribution in [-0.2, 0) is 4.79 Å². The maximum Gasteiger partial charge on any atom is 0.236 e. The van der Waals surface area contributed by atoms with Gasteiger partial charge in [0.15, 0.2) is 0 Å². The number of nitrogens with one attached hydrogen (secondary N) is 2. The van der Waals surface area contributed by atoms with Crippen LogP contribution in [0.1, 0.15) is 58.8 Å². The fraction of sp³-hybridized carbons (Fsp3) is 0.923. The fourth-order valence-electron chi connectivity index (χ4n) is 2.24. The number of carbonyl (C=O) groups is 1. The number of hydrogen-bond donors (Lipinski definition) is 2. The molecule has 1 rings (SSSR count). The van der Waals surface area contributed by atoms with E-state index < -0.39 is 0 Å². The summed E-state index contributed by atoms with van der Waals surface area (Å²) in [4.78, 5) is 11.7. The lowest BCUT2D eigenvalue weighted by atomic mass is 9.95. The third-order valence-electron chi connectivity index (χ3n) is 3.31. The first-order valence-corrected chi connectivity index (χ1v) is 6.77. The maximum atomic E-state index is 11.7. The highest BCUT2D eigenvalue weighted by Gasteiger charge is 2.19. The Balaban J connectivity index is 2.16. The second-order valence-electron chi connectivity index (χ2n) is 4.87. The maximum absolute atomic E-state index is 11.7. The van der Waals surface area contributed by atoms with Crippen LogP contribution in [0.25, 0.3) is 0 Å². The first kappa shape index (κ1) is 13.5. The van der Waals surface area contributed by atoms with E-state index in [4.69, 9.17) is 0 Å². The third-order valence-corrected chi connectivity index (χ3v) is 3.31. The van der Waals surface area contributed by atoms with E-state index in [9.17, 15) is 4.79 Å². The number of unbranched alkanes of at least 4 members (excludes halogenated alkanes) is 1. The Morgan fingerprint density at radius 2 is 2.00 bits per heavy atom. The third kappa shape index (κ3) is 4.97. The summed E-state index contributed by atoms with van der Waals surface area (Å²) in [6, 6.07) is 0.514. The Hall–Kier alpha value is -0.570. The van der Waals surface area contributed by atoms with Gasteiger partial charge in [-0.1, -0.05) is 32.6 Å². The monoisotopic (exact) mass is 226 g/mol. The van der Waals surface area contributed by atoms with Crippen molar-refractivity contribution in [3.63, 3.8) is 0 Å². The molecule has 0 aliphatic heterocycles. The molecule has 0 spiro atoms. The summed E-state index contributed by atoms with van der Waals surface area (Å²) < 4.78 is 0. The van der Waals surface area contributed by atoms with Crippen LogP contribution in [0.4, 0.5) is 0 Å².